The zero-order chi connectivity index (χ0) is 22.6. The number of nitrogens with one attached hydrogen (secondary N) is 2. The van der Waals surface area contributed by atoms with Gasteiger partial charge < -0.3 is 14.8 Å². The van der Waals surface area contributed by atoms with Crippen LogP contribution in [0.2, 0.25) is 0 Å². The molecule has 1 aliphatic rings. The van der Waals surface area contributed by atoms with Crippen LogP contribution in [0.1, 0.15) is 32.8 Å². The minimum atomic E-state index is -3.68. The molecule has 31 heavy (non-hydrogen) atoms. The van der Waals surface area contributed by atoms with Crippen molar-refractivity contribution >= 4 is 27.5 Å². The van der Waals surface area contributed by atoms with E-state index in [-0.39, 0.29) is 22.6 Å². The average molecular weight is 446 g/mol. The summed E-state index contributed by atoms with van der Waals surface area (Å²) in [6.07, 6.45) is 0.690. The van der Waals surface area contributed by atoms with Gasteiger partial charge >= 0.3 is 0 Å². The van der Waals surface area contributed by atoms with Crippen LogP contribution in [0.4, 0.5) is 5.69 Å². The Morgan fingerprint density at radius 1 is 1.16 bits per heavy atom. The molecule has 2 aromatic carbocycles. The van der Waals surface area contributed by atoms with Crippen molar-refractivity contribution in [3.63, 3.8) is 0 Å². The Hall–Kier alpha value is -3.07. The maximum absolute atomic E-state index is 13.1. The fourth-order valence-corrected chi connectivity index (χ4v) is 4.51. The van der Waals surface area contributed by atoms with Gasteiger partial charge in [0.05, 0.1) is 18.6 Å². The van der Waals surface area contributed by atoms with Gasteiger partial charge in [-0.3, -0.25) is 14.5 Å². The smallest absolute Gasteiger partial charge is 0.263 e. The van der Waals surface area contributed by atoms with Gasteiger partial charge in [-0.25, -0.2) is 8.42 Å². The molecule has 0 fully saturated rings. The lowest BCUT2D eigenvalue weighted by molar-refractivity contribution is -0.118. The minimum absolute atomic E-state index is 0.116. The lowest BCUT2D eigenvalue weighted by Crippen LogP contribution is -2.34. The molecule has 0 aromatic heterocycles. The predicted molar refractivity (Wildman–Crippen MR) is 119 cm³/mol. The van der Waals surface area contributed by atoms with E-state index >= 15 is 0 Å². The Bertz CT molecular complexity index is 1100. The van der Waals surface area contributed by atoms with Crippen molar-refractivity contribution in [2.24, 2.45) is 10.9 Å². The number of methoxy groups -OCH3 is 1. The highest BCUT2D eigenvalue weighted by atomic mass is 32.2. The van der Waals surface area contributed by atoms with Crippen LogP contribution in [-0.4, -0.2) is 39.9 Å². The molecule has 2 aromatic rings. The van der Waals surface area contributed by atoms with Crippen LogP contribution in [-0.2, 0) is 14.8 Å². The van der Waals surface area contributed by atoms with Crippen LogP contribution < -0.4 is 19.5 Å². The summed E-state index contributed by atoms with van der Waals surface area (Å²) in [6.45, 7) is 6.23. The summed E-state index contributed by atoms with van der Waals surface area (Å²) in [5.74, 6) is 0.813. The summed E-state index contributed by atoms with van der Waals surface area (Å²) in [4.78, 5) is 17.8. The third-order valence-electron chi connectivity index (χ3n) is 5.11. The normalized spacial score (nSPS) is 17.4. The molecular formula is C22H27N3O5S. The van der Waals surface area contributed by atoms with Crippen molar-refractivity contribution in [1.29, 1.82) is 0 Å². The van der Waals surface area contributed by atoms with Gasteiger partial charge in [0, 0.05) is 17.3 Å². The van der Waals surface area contributed by atoms with Crippen LogP contribution in [0, 0.1) is 5.92 Å². The molecular weight excluding hydrogens is 418 g/mol. The summed E-state index contributed by atoms with van der Waals surface area (Å²) in [5, 5.41) is 2.86. The quantitative estimate of drug-likeness (QED) is 0.649. The van der Waals surface area contributed by atoms with Crippen molar-refractivity contribution < 1.29 is 22.7 Å². The highest BCUT2D eigenvalue weighted by molar-refractivity contribution is 7.90. The molecule has 9 heteroatoms. The summed E-state index contributed by atoms with van der Waals surface area (Å²) >= 11 is 0. The van der Waals surface area contributed by atoms with E-state index in [9.17, 15) is 13.2 Å². The fourth-order valence-electron chi connectivity index (χ4n) is 3.27. The number of nitrogens with zero attached hydrogens (tertiary/aromatic N) is 1. The van der Waals surface area contributed by atoms with Crippen molar-refractivity contribution in [3.8, 4) is 11.5 Å². The number of aliphatic imine (C=N–C) groups is 1. The molecule has 2 N–H and O–H groups in total. The number of benzene rings is 2. The van der Waals surface area contributed by atoms with Gasteiger partial charge in [0.1, 0.15) is 11.9 Å². The molecule has 0 saturated heterocycles. The zero-order valence-corrected chi connectivity index (χ0v) is 18.8. The number of carbonyl (C=O) groups is 1. The number of carbonyl (C=O) groups excluding carboxylic acids is 1. The van der Waals surface area contributed by atoms with Gasteiger partial charge in [0.2, 0.25) is 5.91 Å². The molecule has 0 aliphatic carbocycles. The van der Waals surface area contributed by atoms with Gasteiger partial charge in [-0.15, -0.1) is 0 Å². The summed E-state index contributed by atoms with van der Waals surface area (Å²) in [5.41, 5.74) is 0.998. The van der Waals surface area contributed by atoms with Gasteiger partial charge in [-0.1, -0.05) is 32.4 Å². The highest BCUT2D eigenvalue weighted by Gasteiger charge is 2.33. The molecule has 0 radical (unpaired) electrons. The molecule has 0 bridgehead atoms. The number of ether oxygens (including phenoxy) is 2. The highest BCUT2D eigenvalue weighted by Crippen LogP contribution is 2.31. The Kier molecular flexibility index (Phi) is 6.84. The number of anilines is 1. The molecule has 1 amide bonds. The van der Waals surface area contributed by atoms with Crippen LogP contribution in [0.15, 0.2) is 52.4 Å². The van der Waals surface area contributed by atoms with E-state index in [1.165, 1.54) is 13.2 Å². The molecule has 2 atom stereocenters. The molecule has 3 rings (SSSR count). The molecule has 0 saturated carbocycles. The second-order valence-electron chi connectivity index (χ2n) is 7.20. The van der Waals surface area contributed by atoms with Crippen molar-refractivity contribution in [2.45, 2.75) is 38.1 Å². The number of fused-ring (bicyclic) bond motifs is 1. The van der Waals surface area contributed by atoms with Crippen LogP contribution >= 0.6 is 0 Å². The Morgan fingerprint density at radius 3 is 2.58 bits per heavy atom. The maximum atomic E-state index is 13.1. The average Bonchev–Trinajstić information content (AvgIpc) is 3.02. The fraction of sp³-hybridized carbons (Fsp3) is 0.364. The van der Waals surface area contributed by atoms with E-state index in [2.05, 4.69) is 15.0 Å². The molecule has 8 nitrogen and oxygen atoms in total. The van der Waals surface area contributed by atoms with E-state index < -0.39 is 16.1 Å². The minimum Gasteiger partial charge on any atom is -0.493 e. The number of hydrogen-bond donors (Lipinski definition) is 2. The number of sulfonamides is 1. The first-order valence-electron chi connectivity index (χ1n) is 10.1. The third kappa shape index (κ3) is 4.82. The van der Waals surface area contributed by atoms with Gasteiger partial charge in [0.15, 0.2) is 11.5 Å². The van der Waals surface area contributed by atoms with E-state index in [1.54, 1.807) is 36.4 Å². The van der Waals surface area contributed by atoms with E-state index in [0.717, 1.165) is 0 Å². The molecule has 0 unspecified atom stereocenters. The third-order valence-corrected chi connectivity index (χ3v) is 6.51. The number of amidine groups is 1. The first-order chi connectivity index (χ1) is 14.8. The summed E-state index contributed by atoms with van der Waals surface area (Å²) < 4.78 is 38.1. The Labute approximate surface area is 182 Å². The number of rotatable bonds is 8. The van der Waals surface area contributed by atoms with Crippen molar-refractivity contribution in [3.05, 3.63) is 48.0 Å². The molecule has 0 spiro atoms. The van der Waals surface area contributed by atoms with Crippen LogP contribution in [0.25, 0.3) is 0 Å². The first-order valence-corrected chi connectivity index (χ1v) is 11.6. The van der Waals surface area contributed by atoms with E-state index in [0.29, 0.717) is 35.8 Å². The number of amides is 1. The van der Waals surface area contributed by atoms with Crippen LogP contribution in [0.5, 0.6) is 11.5 Å². The summed E-state index contributed by atoms with van der Waals surface area (Å²) in [7, 11) is -2.15. The zero-order valence-electron chi connectivity index (χ0n) is 18.0. The van der Waals surface area contributed by atoms with Crippen molar-refractivity contribution in [2.75, 3.05) is 19.0 Å². The molecule has 166 valence electrons. The van der Waals surface area contributed by atoms with Crippen LogP contribution in [0.3, 0.4) is 0 Å². The lowest BCUT2D eigenvalue weighted by atomic mass is 9.98. The second-order valence-corrected chi connectivity index (χ2v) is 8.85. The Morgan fingerprint density at radius 2 is 1.90 bits per heavy atom. The SMILES string of the molecule is CCOc1ccc(NC(=O)[C@H](N=C2NS(=O)(=O)c3ccccc32)[C@@H](C)CC)cc1OC. The van der Waals surface area contributed by atoms with Gasteiger partial charge in [-0.2, -0.15) is 0 Å². The van der Waals surface area contributed by atoms with E-state index in [1.807, 2.05) is 20.8 Å². The topological polar surface area (TPSA) is 106 Å². The van der Waals surface area contributed by atoms with E-state index in [4.69, 9.17) is 9.47 Å². The standard InChI is InChI=1S/C22H27N3O5S/c1-5-14(3)20(24-21-16-9-7-8-10-19(16)31(27,28)25-21)22(26)23-15-11-12-17(30-6-2)18(13-15)29-4/h7-14,20H,5-6H2,1-4H3,(H,23,26)(H,24,25)/t14-,20+/m0/s1. The summed E-state index contributed by atoms with van der Waals surface area (Å²) in [6, 6.07) is 10.9. The lowest BCUT2D eigenvalue weighted by Gasteiger charge is -2.20. The monoisotopic (exact) mass is 445 g/mol. The first kappa shape index (κ1) is 22.6. The largest absolute Gasteiger partial charge is 0.493 e. The van der Waals surface area contributed by atoms with Crippen molar-refractivity contribution in [1.82, 2.24) is 4.72 Å². The maximum Gasteiger partial charge on any atom is 0.263 e. The van der Waals surface area contributed by atoms with Gasteiger partial charge in [0.25, 0.3) is 10.0 Å². The predicted octanol–water partition coefficient (Wildman–Crippen LogP) is 3.19. The second kappa shape index (κ2) is 9.38. The number of hydrogen-bond acceptors (Lipinski definition) is 6. The van der Waals surface area contributed by atoms with Gasteiger partial charge in [-0.05, 0) is 37.1 Å². The molecule has 1 heterocycles. The molecule has 1 aliphatic heterocycles. The Balaban J connectivity index is 1.91.